The first-order valence-electron chi connectivity index (χ1n) is 3.82. The molecule has 1 rings (SSSR count). The molecule has 76 valence electrons. The molecule has 0 radical (unpaired) electrons. The van der Waals surface area contributed by atoms with Crippen LogP contribution in [0.1, 0.15) is 15.9 Å². The van der Waals surface area contributed by atoms with Crippen molar-refractivity contribution in [1.82, 2.24) is 0 Å². The van der Waals surface area contributed by atoms with Crippen molar-refractivity contribution in [1.29, 1.82) is 0 Å². The normalized spacial score (nSPS) is 11.1. The zero-order valence-electron chi connectivity index (χ0n) is 7.35. The fourth-order valence-corrected chi connectivity index (χ4v) is 1.03. The molecule has 0 bridgehead atoms. The molecule has 5 heteroatoms. The summed E-state index contributed by atoms with van der Waals surface area (Å²) >= 11 is 0. The zero-order chi connectivity index (χ0) is 10.8. The lowest BCUT2D eigenvalue weighted by atomic mass is 10.1. The first-order valence-corrected chi connectivity index (χ1v) is 3.82. The standard InChI is InChI=1S/C9H8F3NO/c1-13-8-3-6(5-14)2-7(4-8)9(10,11)12/h2-5,13H,1H3. The molecule has 0 saturated carbocycles. The van der Waals surface area contributed by atoms with Crippen LogP contribution in [0.2, 0.25) is 0 Å². The number of halogens is 3. The Kier molecular flexibility index (Phi) is 2.78. The van der Waals surface area contributed by atoms with Crippen LogP contribution < -0.4 is 5.32 Å². The van der Waals surface area contributed by atoms with Crippen molar-refractivity contribution < 1.29 is 18.0 Å². The summed E-state index contributed by atoms with van der Waals surface area (Å²) < 4.78 is 36.8. The number of alkyl halides is 3. The van der Waals surface area contributed by atoms with Gasteiger partial charge >= 0.3 is 6.18 Å². The Labute approximate surface area is 78.7 Å². The summed E-state index contributed by atoms with van der Waals surface area (Å²) in [5.41, 5.74) is -0.558. The first kappa shape index (κ1) is 10.6. The van der Waals surface area contributed by atoms with Crippen molar-refractivity contribution >= 4 is 12.0 Å². The van der Waals surface area contributed by atoms with Gasteiger partial charge in [-0.3, -0.25) is 4.79 Å². The van der Waals surface area contributed by atoms with Crippen molar-refractivity contribution in [2.24, 2.45) is 0 Å². The lowest BCUT2D eigenvalue weighted by Gasteiger charge is -2.09. The highest BCUT2D eigenvalue weighted by Gasteiger charge is 2.31. The maximum absolute atomic E-state index is 12.3. The van der Waals surface area contributed by atoms with Crippen LogP contribution in [-0.2, 0) is 6.18 Å². The van der Waals surface area contributed by atoms with Gasteiger partial charge in [0.15, 0.2) is 0 Å². The third-order valence-electron chi connectivity index (χ3n) is 1.71. The molecule has 14 heavy (non-hydrogen) atoms. The number of hydrogen-bond donors (Lipinski definition) is 1. The van der Waals surface area contributed by atoms with Crippen LogP contribution in [-0.4, -0.2) is 13.3 Å². The molecule has 2 nitrogen and oxygen atoms in total. The number of anilines is 1. The Morgan fingerprint density at radius 3 is 2.36 bits per heavy atom. The largest absolute Gasteiger partial charge is 0.416 e. The van der Waals surface area contributed by atoms with Crippen molar-refractivity contribution in [2.75, 3.05) is 12.4 Å². The Balaban J connectivity index is 3.24. The van der Waals surface area contributed by atoms with Gasteiger partial charge in [-0.2, -0.15) is 13.2 Å². The summed E-state index contributed by atoms with van der Waals surface area (Å²) in [6, 6.07) is 3.11. The summed E-state index contributed by atoms with van der Waals surface area (Å²) in [5.74, 6) is 0. The number of carbonyl (C=O) groups excluding carboxylic acids is 1. The van der Waals surface area contributed by atoms with Crippen molar-refractivity contribution in [2.45, 2.75) is 6.18 Å². The molecule has 1 N–H and O–H groups in total. The van der Waals surface area contributed by atoms with E-state index < -0.39 is 11.7 Å². The highest BCUT2D eigenvalue weighted by atomic mass is 19.4. The molecule has 0 aromatic heterocycles. The SMILES string of the molecule is CNc1cc(C=O)cc(C(F)(F)F)c1. The van der Waals surface area contributed by atoms with Crippen LogP contribution in [0, 0.1) is 0 Å². The van der Waals surface area contributed by atoms with Crippen LogP contribution in [0.15, 0.2) is 18.2 Å². The summed E-state index contributed by atoms with van der Waals surface area (Å²) in [4.78, 5) is 10.4. The van der Waals surface area contributed by atoms with Crippen molar-refractivity contribution in [3.63, 3.8) is 0 Å². The van der Waals surface area contributed by atoms with E-state index in [9.17, 15) is 18.0 Å². The van der Waals surface area contributed by atoms with Gasteiger partial charge in [0.1, 0.15) is 6.29 Å². The van der Waals surface area contributed by atoms with E-state index in [1.54, 1.807) is 0 Å². The van der Waals surface area contributed by atoms with Crippen LogP contribution in [0.25, 0.3) is 0 Å². The van der Waals surface area contributed by atoms with E-state index in [-0.39, 0.29) is 11.3 Å². The van der Waals surface area contributed by atoms with Gasteiger partial charge in [0.2, 0.25) is 0 Å². The molecule has 0 amide bonds. The first-order chi connectivity index (χ1) is 6.47. The van der Waals surface area contributed by atoms with Gasteiger partial charge in [0, 0.05) is 18.3 Å². The van der Waals surface area contributed by atoms with Crippen LogP contribution in [0.4, 0.5) is 18.9 Å². The molecule has 0 unspecified atom stereocenters. The average Bonchev–Trinajstić information content (AvgIpc) is 2.15. The molecule has 0 aliphatic heterocycles. The molecule has 0 aliphatic carbocycles. The third-order valence-corrected chi connectivity index (χ3v) is 1.71. The number of nitrogens with one attached hydrogen (secondary N) is 1. The Hall–Kier alpha value is -1.52. The minimum atomic E-state index is -4.43. The van der Waals surface area contributed by atoms with Gasteiger partial charge in [-0.25, -0.2) is 0 Å². The topological polar surface area (TPSA) is 29.1 Å². The quantitative estimate of drug-likeness (QED) is 0.748. The fourth-order valence-electron chi connectivity index (χ4n) is 1.03. The molecular weight excluding hydrogens is 195 g/mol. The molecular formula is C9H8F3NO. The number of hydrogen-bond acceptors (Lipinski definition) is 2. The molecule has 1 aromatic rings. The van der Waals surface area contributed by atoms with E-state index in [4.69, 9.17) is 0 Å². The molecule has 0 spiro atoms. The lowest BCUT2D eigenvalue weighted by molar-refractivity contribution is -0.137. The van der Waals surface area contributed by atoms with Gasteiger partial charge in [0.05, 0.1) is 5.56 Å². The number of carbonyl (C=O) groups is 1. The number of aldehydes is 1. The summed E-state index contributed by atoms with van der Waals surface area (Å²) in [7, 11) is 1.49. The van der Waals surface area contributed by atoms with Crippen LogP contribution >= 0.6 is 0 Å². The predicted molar refractivity (Wildman–Crippen MR) is 46.4 cm³/mol. The Morgan fingerprint density at radius 2 is 1.93 bits per heavy atom. The van der Waals surface area contributed by atoms with E-state index in [0.717, 1.165) is 12.1 Å². The molecule has 0 saturated heterocycles. The van der Waals surface area contributed by atoms with Gasteiger partial charge in [-0.1, -0.05) is 0 Å². The van der Waals surface area contributed by atoms with Gasteiger partial charge in [0.25, 0.3) is 0 Å². The van der Waals surface area contributed by atoms with E-state index in [0.29, 0.717) is 6.29 Å². The Bertz CT molecular complexity index is 346. The second-order valence-electron chi connectivity index (χ2n) is 2.71. The highest BCUT2D eigenvalue weighted by Crippen LogP contribution is 2.31. The fraction of sp³-hybridized carbons (Fsp3) is 0.222. The average molecular weight is 203 g/mol. The lowest BCUT2D eigenvalue weighted by Crippen LogP contribution is -2.06. The summed E-state index contributed by atoms with van der Waals surface area (Å²) in [6.07, 6.45) is -4.04. The van der Waals surface area contributed by atoms with E-state index >= 15 is 0 Å². The van der Waals surface area contributed by atoms with E-state index in [1.165, 1.54) is 13.1 Å². The van der Waals surface area contributed by atoms with Gasteiger partial charge in [-0.15, -0.1) is 0 Å². The van der Waals surface area contributed by atoms with E-state index in [2.05, 4.69) is 5.32 Å². The molecule has 0 atom stereocenters. The molecule has 0 fully saturated rings. The number of benzene rings is 1. The monoisotopic (exact) mass is 203 g/mol. The molecule has 0 aliphatic rings. The minimum Gasteiger partial charge on any atom is -0.388 e. The summed E-state index contributed by atoms with van der Waals surface area (Å²) in [6.45, 7) is 0. The van der Waals surface area contributed by atoms with Crippen molar-refractivity contribution in [3.8, 4) is 0 Å². The zero-order valence-corrected chi connectivity index (χ0v) is 7.35. The maximum atomic E-state index is 12.3. The highest BCUT2D eigenvalue weighted by molar-refractivity contribution is 5.77. The Morgan fingerprint density at radius 1 is 1.29 bits per heavy atom. The predicted octanol–water partition coefficient (Wildman–Crippen LogP) is 2.56. The molecule has 1 aromatic carbocycles. The molecule has 0 heterocycles. The van der Waals surface area contributed by atoms with Gasteiger partial charge in [-0.05, 0) is 18.2 Å². The number of rotatable bonds is 2. The third kappa shape index (κ3) is 2.25. The minimum absolute atomic E-state index is 0.00387. The van der Waals surface area contributed by atoms with Gasteiger partial charge < -0.3 is 5.32 Å². The second-order valence-corrected chi connectivity index (χ2v) is 2.71. The van der Waals surface area contributed by atoms with Crippen molar-refractivity contribution in [3.05, 3.63) is 29.3 Å². The van der Waals surface area contributed by atoms with E-state index in [1.807, 2.05) is 0 Å². The summed E-state index contributed by atoms with van der Waals surface area (Å²) in [5, 5.41) is 2.56. The van der Waals surface area contributed by atoms with Crippen LogP contribution in [0.5, 0.6) is 0 Å². The smallest absolute Gasteiger partial charge is 0.388 e. The maximum Gasteiger partial charge on any atom is 0.416 e. The van der Waals surface area contributed by atoms with Crippen LogP contribution in [0.3, 0.4) is 0 Å². The second kappa shape index (κ2) is 3.69.